The second kappa shape index (κ2) is 4.13. The number of rotatable bonds is 3. The minimum absolute atomic E-state index is 0.195. The van der Waals surface area contributed by atoms with E-state index in [0.717, 1.165) is 18.8 Å². The van der Waals surface area contributed by atoms with E-state index < -0.39 is 0 Å². The lowest BCUT2D eigenvalue weighted by molar-refractivity contribution is 0.0915. The highest BCUT2D eigenvalue weighted by molar-refractivity contribution is 4.99. The van der Waals surface area contributed by atoms with Gasteiger partial charge in [0.05, 0.1) is 18.9 Å². The molecule has 0 aliphatic carbocycles. The van der Waals surface area contributed by atoms with Gasteiger partial charge in [-0.1, -0.05) is 0 Å². The van der Waals surface area contributed by atoms with Crippen LogP contribution in [-0.4, -0.2) is 42.3 Å². The first-order valence-electron chi connectivity index (χ1n) is 4.89. The lowest BCUT2D eigenvalue weighted by Gasteiger charge is -2.25. The van der Waals surface area contributed by atoms with Gasteiger partial charge >= 0.3 is 0 Å². The van der Waals surface area contributed by atoms with E-state index in [2.05, 4.69) is 10.2 Å². The van der Waals surface area contributed by atoms with Gasteiger partial charge in [-0.3, -0.25) is 4.90 Å². The van der Waals surface area contributed by atoms with Crippen LogP contribution in [-0.2, 0) is 6.54 Å². The van der Waals surface area contributed by atoms with Gasteiger partial charge < -0.3 is 14.8 Å². The number of β-amino-alcohol motifs (C(OH)–C–C–N with tert-alkyl or cyclic N) is 1. The van der Waals surface area contributed by atoms with Crippen LogP contribution in [0.4, 0.5) is 0 Å². The first-order valence-corrected chi connectivity index (χ1v) is 4.89. The third-order valence-corrected chi connectivity index (χ3v) is 2.70. The van der Waals surface area contributed by atoms with Gasteiger partial charge in [-0.05, 0) is 19.2 Å². The fraction of sp³-hybridized carbons (Fsp3) is 0.600. The number of likely N-dealkylation sites (N-methyl/N-ethyl adjacent to an activating group) is 1. The van der Waals surface area contributed by atoms with E-state index in [1.807, 2.05) is 19.2 Å². The van der Waals surface area contributed by atoms with E-state index in [0.29, 0.717) is 6.54 Å². The number of hydrogen-bond acceptors (Lipinski definition) is 4. The fourth-order valence-electron chi connectivity index (χ4n) is 1.87. The van der Waals surface area contributed by atoms with Crippen LogP contribution in [0.25, 0.3) is 0 Å². The van der Waals surface area contributed by atoms with Crippen molar-refractivity contribution < 1.29 is 9.52 Å². The van der Waals surface area contributed by atoms with Crippen LogP contribution >= 0.6 is 0 Å². The number of nitrogens with one attached hydrogen (secondary N) is 1. The lowest BCUT2D eigenvalue weighted by atomic mass is 10.2. The Morgan fingerprint density at radius 2 is 2.50 bits per heavy atom. The molecule has 4 heteroatoms. The van der Waals surface area contributed by atoms with Crippen LogP contribution in [0.15, 0.2) is 22.8 Å². The first-order chi connectivity index (χ1) is 6.77. The summed E-state index contributed by atoms with van der Waals surface area (Å²) < 4.78 is 5.26. The van der Waals surface area contributed by atoms with Crippen molar-refractivity contribution in [2.75, 3.05) is 20.1 Å². The molecule has 2 rings (SSSR count). The molecule has 0 radical (unpaired) electrons. The highest BCUT2D eigenvalue weighted by atomic mass is 16.3. The zero-order chi connectivity index (χ0) is 9.97. The zero-order valence-electron chi connectivity index (χ0n) is 8.31. The van der Waals surface area contributed by atoms with Gasteiger partial charge in [0.2, 0.25) is 0 Å². The van der Waals surface area contributed by atoms with Gasteiger partial charge in [-0.25, -0.2) is 0 Å². The van der Waals surface area contributed by atoms with Crippen molar-refractivity contribution in [2.24, 2.45) is 0 Å². The molecule has 1 aliphatic heterocycles. The van der Waals surface area contributed by atoms with Crippen molar-refractivity contribution in [1.82, 2.24) is 10.2 Å². The van der Waals surface area contributed by atoms with Gasteiger partial charge in [0, 0.05) is 19.1 Å². The van der Waals surface area contributed by atoms with Gasteiger partial charge in [-0.15, -0.1) is 0 Å². The molecule has 0 unspecified atom stereocenters. The first kappa shape index (κ1) is 9.71. The average Bonchev–Trinajstić information content (AvgIpc) is 2.75. The Labute approximate surface area is 83.5 Å². The van der Waals surface area contributed by atoms with Crippen molar-refractivity contribution in [3.05, 3.63) is 24.2 Å². The summed E-state index contributed by atoms with van der Waals surface area (Å²) in [6, 6.07) is 4.03. The Kier molecular flexibility index (Phi) is 2.86. The lowest BCUT2D eigenvalue weighted by Crippen LogP contribution is -2.40. The summed E-state index contributed by atoms with van der Waals surface area (Å²) in [5, 5.41) is 12.8. The summed E-state index contributed by atoms with van der Waals surface area (Å²) >= 11 is 0. The number of nitrogens with zero attached hydrogens (tertiary/aromatic N) is 1. The summed E-state index contributed by atoms with van der Waals surface area (Å²) in [6.07, 6.45) is 1.40. The van der Waals surface area contributed by atoms with E-state index >= 15 is 0 Å². The topological polar surface area (TPSA) is 48.6 Å². The van der Waals surface area contributed by atoms with E-state index in [4.69, 9.17) is 4.42 Å². The molecule has 2 N–H and O–H groups in total. The Morgan fingerprint density at radius 1 is 1.64 bits per heavy atom. The summed E-state index contributed by atoms with van der Waals surface area (Å²) in [4.78, 5) is 2.11. The maximum atomic E-state index is 9.65. The third-order valence-electron chi connectivity index (χ3n) is 2.70. The highest BCUT2D eigenvalue weighted by Crippen LogP contribution is 2.11. The molecule has 4 nitrogen and oxygen atoms in total. The Hall–Kier alpha value is -0.840. The maximum absolute atomic E-state index is 9.65. The number of hydrogen-bond donors (Lipinski definition) is 2. The molecule has 0 bridgehead atoms. The molecule has 1 aromatic heterocycles. The van der Waals surface area contributed by atoms with Gasteiger partial charge in [0.1, 0.15) is 5.76 Å². The Balaban J connectivity index is 1.92. The smallest absolute Gasteiger partial charge is 0.117 e. The number of aliphatic hydroxyl groups excluding tert-OH is 1. The second-order valence-corrected chi connectivity index (χ2v) is 3.79. The Morgan fingerprint density at radius 3 is 3.07 bits per heavy atom. The van der Waals surface area contributed by atoms with E-state index in [-0.39, 0.29) is 12.1 Å². The van der Waals surface area contributed by atoms with Gasteiger partial charge in [0.15, 0.2) is 0 Å². The minimum atomic E-state index is -0.269. The molecule has 1 saturated heterocycles. The van der Waals surface area contributed by atoms with Gasteiger partial charge in [-0.2, -0.15) is 0 Å². The zero-order valence-corrected chi connectivity index (χ0v) is 8.31. The quantitative estimate of drug-likeness (QED) is 0.717. The van der Waals surface area contributed by atoms with Crippen molar-refractivity contribution in [3.8, 4) is 0 Å². The molecule has 2 atom stereocenters. The summed E-state index contributed by atoms with van der Waals surface area (Å²) in [5.74, 6) is 0.937. The Bertz CT molecular complexity index is 274. The molecule has 0 aromatic carbocycles. The van der Waals surface area contributed by atoms with Crippen molar-refractivity contribution in [2.45, 2.75) is 18.7 Å². The van der Waals surface area contributed by atoms with Crippen LogP contribution in [0.1, 0.15) is 5.76 Å². The molecule has 14 heavy (non-hydrogen) atoms. The predicted molar refractivity (Wildman–Crippen MR) is 52.8 cm³/mol. The van der Waals surface area contributed by atoms with Crippen LogP contribution in [0.3, 0.4) is 0 Å². The number of furan rings is 1. The monoisotopic (exact) mass is 196 g/mol. The highest BCUT2D eigenvalue weighted by Gasteiger charge is 2.28. The molecule has 1 aliphatic rings. The molecule has 1 fully saturated rings. The van der Waals surface area contributed by atoms with Crippen LogP contribution in [0.5, 0.6) is 0 Å². The fourth-order valence-corrected chi connectivity index (χ4v) is 1.87. The molecule has 2 heterocycles. The molecule has 0 spiro atoms. The van der Waals surface area contributed by atoms with E-state index in [9.17, 15) is 5.11 Å². The average molecular weight is 196 g/mol. The molecular formula is C10H16N2O2. The van der Waals surface area contributed by atoms with Crippen LogP contribution in [0.2, 0.25) is 0 Å². The minimum Gasteiger partial charge on any atom is -0.468 e. The summed E-state index contributed by atoms with van der Waals surface area (Å²) in [6.45, 7) is 2.28. The maximum Gasteiger partial charge on any atom is 0.117 e. The molecule has 78 valence electrons. The van der Waals surface area contributed by atoms with Crippen molar-refractivity contribution in [3.63, 3.8) is 0 Å². The SMILES string of the molecule is CN(Cc1ccco1)[C@@H]1CNC[C@H]1O. The second-order valence-electron chi connectivity index (χ2n) is 3.79. The van der Waals surface area contributed by atoms with Crippen molar-refractivity contribution >= 4 is 0 Å². The van der Waals surface area contributed by atoms with Crippen LogP contribution < -0.4 is 5.32 Å². The normalized spacial score (nSPS) is 27.4. The molecule has 0 amide bonds. The van der Waals surface area contributed by atoms with Crippen LogP contribution in [0, 0.1) is 0 Å². The third kappa shape index (κ3) is 1.97. The van der Waals surface area contributed by atoms with E-state index in [1.165, 1.54) is 0 Å². The van der Waals surface area contributed by atoms with Crippen molar-refractivity contribution in [1.29, 1.82) is 0 Å². The van der Waals surface area contributed by atoms with Gasteiger partial charge in [0.25, 0.3) is 0 Å². The number of aliphatic hydroxyl groups is 1. The molecular weight excluding hydrogens is 180 g/mol. The largest absolute Gasteiger partial charge is 0.468 e. The predicted octanol–water partition coefficient (Wildman–Crippen LogP) is 0.0441. The summed E-state index contributed by atoms with van der Waals surface area (Å²) in [7, 11) is 2.00. The molecule has 1 aromatic rings. The van der Waals surface area contributed by atoms with E-state index in [1.54, 1.807) is 6.26 Å². The summed E-state index contributed by atoms with van der Waals surface area (Å²) in [5.41, 5.74) is 0. The molecule has 0 saturated carbocycles. The standard InChI is InChI=1S/C10H16N2O2/c1-12(7-8-3-2-4-14-8)9-5-11-6-10(9)13/h2-4,9-11,13H,5-7H2,1H3/t9-,10-/m1/s1.